The van der Waals surface area contributed by atoms with E-state index in [1.54, 1.807) is 43.5 Å². The molecule has 0 spiro atoms. The summed E-state index contributed by atoms with van der Waals surface area (Å²) in [4.78, 5) is 4.15. The molecule has 0 aliphatic heterocycles. The fraction of sp³-hybridized carbons (Fsp3) is 0.154. The molecule has 8 heteroatoms. The highest BCUT2D eigenvalue weighted by atomic mass is 32.2. The van der Waals surface area contributed by atoms with Crippen LogP contribution in [0.15, 0.2) is 47.6 Å². The Labute approximate surface area is 126 Å². The van der Waals surface area contributed by atoms with Gasteiger partial charge in [0, 0.05) is 12.7 Å². The van der Waals surface area contributed by atoms with Gasteiger partial charge in [0.2, 0.25) is 0 Å². The van der Waals surface area contributed by atoms with Crippen molar-refractivity contribution in [2.24, 2.45) is 0 Å². The fourth-order valence-corrected chi connectivity index (χ4v) is 4.32. The quantitative estimate of drug-likeness (QED) is 0.737. The largest absolute Gasteiger partial charge is 0.266 e. The second kappa shape index (κ2) is 5.38. The lowest BCUT2D eigenvalue weighted by atomic mass is 10.3. The average Bonchev–Trinajstić information content (AvgIpc) is 2.97. The van der Waals surface area contributed by atoms with E-state index in [0.29, 0.717) is 23.3 Å². The number of nitrogens with zero attached hydrogens (tertiary/aromatic N) is 4. The lowest BCUT2D eigenvalue weighted by molar-refractivity contribution is 0.592. The first kappa shape index (κ1) is 13.9. The van der Waals surface area contributed by atoms with Crippen molar-refractivity contribution < 1.29 is 8.42 Å². The Bertz CT molecular complexity index is 862. The molecule has 2 aromatic heterocycles. The van der Waals surface area contributed by atoms with Crippen molar-refractivity contribution in [2.75, 3.05) is 10.8 Å². The molecule has 0 fully saturated rings. The van der Waals surface area contributed by atoms with Crippen molar-refractivity contribution >= 4 is 38.5 Å². The van der Waals surface area contributed by atoms with E-state index in [1.807, 2.05) is 0 Å². The van der Waals surface area contributed by atoms with E-state index in [1.165, 1.54) is 10.5 Å². The standard InChI is InChI=1S/C13H12N4O2S2/c1-2-17(10-5-4-8-14-9-10)21(18,19)12-7-3-6-11-13(12)16-20-15-11/h3-9H,2H2,1H3. The first-order chi connectivity index (χ1) is 10.1. The van der Waals surface area contributed by atoms with Gasteiger partial charge < -0.3 is 0 Å². The average molecular weight is 320 g/mol. The zero-order valence-electron chi connectivity index (χ0n) is 11.2. The van der Waals surface area contributed by atoms with Gasteiger partial charge >= 0.3 is 0 Å². The molecule has 3 rings (SSSR count). The Balaban J connectivity index is 2.17. The van der Waals surface area contributed by atoms with Crippen molar-refractivity contribution in [3.05, 3.63) is 42.7 Å². The molecular formula is C13H12N4O2S2. The van der Waals surface area contributed by atoms with Gasteiger partial charge in [-0.3, -0.25) is 9.29 Å². The molecule has 0 N–H and O–H groups in total. The number of aromatic nitrogens is 3. The van der Waals surface area contributed by atoms with Crippen molar-refractivity contribution in [1.29, 1.82) is 0 Å². The summed E-state index contributed by atoms with van der Waals surface area (Å²) in [5, 5.41) is 0. The third-order valence-corrected chi connectivity index (χ3v) is 5.52. The number of benzene rings is 1. The second-order valence-electron chi connectivity index (χ2n) is 4.27. The number of pyridine rings is 1. The third kappa shape index (κ3) is 2.36. The first-order valence-electron chi connectivity index (χ1n) is 6.28. The predicted molar refractivity (Wildman–Crippen MR) is 81.9 cm³/mol. The van der Waals surface area contributed by atoms with Gasteiger partial charge in [-0.15, -0.1) is 0 Å². The maximum absolute atomic E-state index is 12.9. The van der Waals surface area contributed by atoms with Crippen LogP contribution in [0.4, 0.5) is 5.69 Å². The van der Waals surface area contributed by atoms with Crippen molar-refractivity contribution in [2.45, 2.75) is 11.8 Å². The van der Waals surface area contributed by atoms with Gasteiger partial charge in [0.25, 0.3) is 10.0 Å². The van der Waals surface area contributed by atoms with E-state index in [4.69, 9.17) is 0 Å². The third-order valence-electron chi connectivity index (χ3n) is 3.04. The van der Waals surface area contributed by atoms with Crippen molar-refractivity contribution in [3.8, 4) is 0 Å². The lowest BCUT2D eigenvalue weighted by Gasteiger charge is -2.22. The summed E-state index contributed by atoms with van der Waals surface area (Å²) in [6.07, 6.45) is 3.13. The molecule has 0 atom stereocenters. The van der Waals surface area contributed by atoms with E-state index < -0.39 is 10.0 Å². The lowest BCUT2D eigenvalue weighted by Crippen LogP contribution is -2.31. The molecule has 0 radical (unpaired) electrons. The van der Waals surface area contributed by atoms with Crippen LogP contribution in [0.25, 0.3) is 11.0 Å². The molecule has 1 aromatic carbocycles. The number of sulfonamides is 1. The molecule has 0 unspecified atom stereocenters. The van der Waals surface area contributed by atoms with Crippen LogP contribution in [0.3, 0.4) is 0 Å². The first-order valence-corrected chi connectivity index (χ1v) is 8.45. The molecule has 0 amide bonds. The molecule has 0 aliphatic rings. The molecule has 21 heavy (non-hydrogen) atoms. The Kier molecular flexibility index (Phi) is 3.56. The van der Waals surface area contributed by atoms with Crippen molar-refractivity contribution in [3.63, 3.8) is 0 Å². The van der Waals surface area contributed by atoms with Gasteiger partial charge in [-0.25, -0.2) is 8.42 Å². The maximum Gasteiger partial charge on any atom is 0.266 e. The van der Waals surface area contributed by atoms with Crippen LogP contribution in [0.1, 0.15) is 6.92 Å². The summed E-state index contributed by atoms with van der Waals surface area (Å²) in [6.45, 7) is 2.09. The van der Waals surface area contributed by atoms with Crippen molar-refractivity contribution in [1.82, 2.24) is 13.7 Å². The molecule has 3 aromatic rings. The Morgan fingerprint density at radius 2 is 2.05 bits per heavy atom. The molecule has 0 bridgehead atoms. The zero-order chi connectivity index (χ0) is 14.9. The number of hydrogen-bond donors (Lipinski definition) is 0. The van der Waals surface area contributed by atoms with Gasteiger partial charge in [0.05, 0.1) is 23.6 Å². The van der Waals surface area contributed by atoms with Crippen LogP contribution in [0.2, 0.25) is 0 Å². The summed E-state index contributed by atoms with van der Waals surface area (Å²) in [6, 6.07) is 8.40. The normalized spacial score (nSPS) is 11.7. The minimum absolute atomic E-state index is 0.166. The summed E-state index contributed by atoms with van der Waals surface area (Å²) in [5.74, 6) is 0. The Hall–Kier alpha value is -2.06. The molecule has 0 saturated heterocycles. The number of fused-ring (bicyclic) bond motifs is 1. The molecule has 0 aliphatic carbocycles. The van der Waals surface area contributed by atoms with E-state index in [-0.39, 0.29) is 4.90 Å². The van der Waals surface area contributed by atoms with Gasteiger partial charge in [-0.2, -0.15) is 8.75 Å². The fourth-order valence-electron chi connectivity index (χ4n) is 2.10. The monoisotopic (exact) mass is 320 g/mol. The van der Waals surface area contributed by atoms with Gasteiger partial charge in [0.1, 0.15) is 15.9 Å². The topological polar surface area (TPSA) is 76.1 Å². The molecule has 108 valence electrons. The van der Waals surface area contributed by atoms with E-state index in [0.717, 1.165) is 11.7 Å². The van der Waals surface area contributed by atoms with E-state index >= 15 is 0 Å². The summed E-state index contributed by atoms with van der Waals surface area (Å²) in [5.41, 5.74) is 1.52. The summed E-state index contributed by atoms with van der Waals surface area (Å²) < 4.78 is 35.3. The summed E-state index contributed by atoms with van der Waals surface area (Å²) in [7, 11) is -3.70. The van der Waals surface area contributed by atoms with Crippen LogP contribution in [0, 0.1) is 0 Å². The number of anilines is 1. The Morgan fingerprint density at radius 3 is 2.76 bits per heavy atom. The van der Waals surface area contributed by atoms with Gasteiger partial charge in [-0.05, 0) is 31.2 Å². The smallest absolute Gasteiger partial charge is 0.265 e. The molecule has 2 heterocycles. The van der Waals surface area contributed by atoms with Gasteiger partial charge in [0.15, 0.2) is 0 Å². The highest BCUT2D eigenvalue weighted by molar-refractivity contribution is 7.93. The van der Waals surface area contributed by atoms with Crippen LogP contribution in [-0.4, -0.2) is 28.7 Å². The van der Waals surface area contributed by atoms with Crippen LogP contribution in [-0.2, 0) is 10.0 Å². The van der Waals surface area contributed by atoms with E-state index in [9.17, 15) is 8.42 Å². The van der Waals surface area contributed by atoms with E-state index in [2.05, 4.69) is 13.7 Å². The highest BCUT2D eigenvalue weighted by Crippen LogP contribution is 2.27. The Morgan fingerprint density at radius 1 is 1.19 bits per heavy atom. The predicted octanol–water partition coefficient (Wildman–Crippen LogP) is 2.30. The minimum atomic E-state index is -3.70. The molecule has 6 nitrogen and oxygen atoms in total. The minimum Gasteiger partial charge on any atom is -0.265 e. The molecular weight excluding hydrogens is 308 g/mol. The van der Waals surface area contributed by atoms with Crippen LogP contribution < -0.4 is 4.31 Å². The van der Waals surface area contributed by atoms with Crippen LogP contribution >= 0.6 is 11.7 Å². The SMILES string of the molecule is CCN(c1cccnc1)S(=O)(=O)c1cccc2nsnc12. The second-order valence-corrected chi connectivity index (χ2v) is 6.63. The summed E-state index contributed by atoms with van der Waals surface area (Å²) >= 11 is 1.00. The van der Waals surface area contributed by atoms with Gasteiger partial charge in [-0.1, -0.05) is 6.07 Å². The van der Waals surface area contributed by atoms with Crippen LogP contribution in [0.5, 0.6) is 0 Å². The molecule has 0 saturated carbocycles. The highest BCUT2D eigenvalue weighted by Gasteiger charge is 2.26. The zero-order valence-corrected chi connectivity index (χ0v) is 12.8. The maximum atomic E-state index is 12.9. The number of rotatable bonds is 4. The number of hydrogen-bond acceptors (Lipinski definition) is 6.